The number of halogens is 3. The molecule has 8 heteroatoms. The van der Waals surface area contributed by atoms with Crippen LogP contribution in [-0.2, 0) is 0 Å². The molecule has 3 amide bonds. The number of imide groups is 1. The van der Waals surface area contributed by atoms with E-state index in [1.807, 2.05) is 6.92 Å². The zero-order chi connectivity index (χ0) is 21.3. The van der Waals surface area contributed by atoms with Gasteiger partial charge in [0.2, 0.25) is 0 Å². The highest BCUT2D eigenvalue weighted by atomic mass is 19.4. The lowest BCUT2D eigenvalue weighted by molar-refractivity contribution is -0.142. The lowest BCUT2D eigenvalue weighted by Gasteiger charge is -2.30. The Labute approximate surface area is 162 Å². The van der Waals surface area contributed by atoms with Crippen molar-refractivity contribution in [2.45, 2.75) is 46.7 Å². The van der Waals surface area contributed by atoms with Crippen molar-refractivity contribution >= 4 is 17.7 Å². The Hall–Kier alpha value is -2.38. The van der Waals surface area contributed by atoms with Crippen LogP contribution in [0.25, 0.3) is 0 Å². The van der Waals surface area contributed by atoms with Gasteiger partial charge >= 0.3 is 6.18 Å². The molecule has 28 heavy (non-hydrogen) atoms. The van der Waals surface area contributed by atoms with Crippen LogP contribution in [0.5, 0.6) is 0 Å². The second kappa shape index (κ2) is 7.93. The third-order valence-electron chi connectivity index (χ3n) is 4.28. The minimum absolute atomic E-state index is 0.0364. The molecule has 5 nitrogen and oxygen atoms in total. The molecule has 1 aliphatic heterocycles. The van der Waals surface area contributed by atoms with Crippen molar-refractivity contribution in [3.05, 3.63) is 34.9 Å². The highest BCUT2D eigenvalue weighted by Crippen LogP contribution is 2.27. The summed E-state index contributed by atoms with van der Waals surface area (Å²) >= 11 is 0. The van der Waals surface area contributed by atoms with E-state index in [0.717, 1.165) is 16.2 Å². The van der Waals surface area contributed by atoms with Crippen molar-refractivity contribution < 1.29 is 27.6 Å². The molecule has 1 heterocycles. The van der Waals surface area contributed by atoms with Gasteiger partial charge in [0, 0.05) is 18.7 Å². The lowest BCUT2D eigenvalue weighted by Crippen LogP contribution is -2.43. The Morgan fingerprint density at radius 1 is 1.04 bits per heavy atom. The molecule has 1 aromatic carbocycles. The van der Waals surface area contributed by atoms with Gasteiger partial charge in [-0.15, -0.1) is 0 Å². The zero-order valence-electron chi connectivity index (χ0n) is 16.5. The van der Waals surface area contributed by atoms with Crippen molar-refractivity contribution in [3.63, 3.8) is 0 Å². The van der Waals surface area contributed by atoms with Crippen LogP contribution in [0.3, 0.4) is 0 Å². The van der Waals surface area contributed by atoms with Crippen LogP contribution >= 0.6 is 0 Å². The van der Waals surface area contributed by atoms with E-state index in [1.165, 1.54) is 18.2 Å². The van der Waals surface area contributed by atoms with Crippen LogP contribution in [0.4, 0.5) is 13.2 Å². The zero-order valence-corrected chi connectivity index (χ0v) is 16.5. The second-order valence-corrected chi connectivity index (χ2v) is 8.21. The number of carbonyl (C=O) groups is 3. The van der Waals surface area contributed by atoms with Crippen LogP contribution in [0.1, 0.15) is 71.6 Å². The van der Waals surface area contributed by atoms with Gasteiger partial charge in [0.25, 0.3) is 17.7 Å². The summed E-state index contributed by atoms with van der Waals surface area (Å²) in [6.07, 6.45) is -3.08. The Morgan fingerprint density at radius 2 is 1.64 bits per heavy atom. The first kappa shape index (κ1) is 21.9. The lowest BCUT2D eigenvalue weighted by atomic mass is 9.95. The third-order valence-corrected chi connectivity index (χ3v) is 4.28. The molecule has 0 N–H and O–H groups in total. The number of benzene rings is 1. The first-order chi connectivity index (χ1) is 12.8. The molecule has 0 aromatic heterocycles. The first-order valence-corrected chi connectivity index (χ1v) is 9.20. The summed E-state index contributed by atoms with van der Waals surface area (Å²) < 4.78 is 38.9. The standard InChI is InChI=1S/C20H25F3N2O3/c1-5-6-9-25-17(27)14-8-7-13(10-15(14)18(25)28)16(26)24(11-19(2,3)4)12-20(21,22)23/h7-8,10H,5-6,9,11-12H2,1-4H3. The second-order valence-electron chi connectivity index (χ2n) is 8.21. The van der Waals surface area contributed by atoms with Crippen LogP contribution < -0.4 is 0 Å². The molecular weight excluding hydrogens is 373 g/mol. The summed E-state index contributed by atoms with van der Waals surface area (Å²) in [5, 5.41) is 0. The molecule has 0 bridgehead atoms. The summed E-state index contributed by atoms with van der Waals surface area (Å²) in [6.45, 7) is 5.93. The van der Waals surface area contributed by atoms with Gasteiger partial charge in [-0.1, -0.05) is 34.1 Å². The number of fused-ring (bicyclic) bond motifs is 1. The molecule has 0 atom stereocenters. The van der Waals surface area contributed by atoms with Crippen LogP contribution in [-0.4, -0.2) is 53.3 Å². The van der Waals surface area contributed by atoms with Gasteiger partial charge in [-0.3, -0.25) is 19.3 Å². The van der Waals surface area contributed by atoms with Crippen molar-refractivity contribution in [1.29, 1.82) is 0 Å². The smallest absolute Gasteiger partial charge is 0.329 e. The maximum atomic E-state index is 13.0. The van der Waals surface area contributed by atoms with Gasteiger partial charge in [-0.25, -0.2) is 0 Å². The van der Waals surface area contributed by atoms with Gasteiger partial charge in [0.15, 0.2) is 0 Å². The minimum atomic E-state index is -4.54. The SMILES string of the molecule is CCCCN1C(=O)c2ccc(C(=O)N(CC(C)(C)C)CC(F)(F)F)cc2C1=O. The van der Waals surface area contributed by atoms with E-state index in [9.17, 15) is 27.6 Å². The molecule has 0 spiro atoms. The van der Waals surface area contributed by atoms with E-state index >= 15 is 0 Å². The number of hydrogen-bond donors (Lipinski definition) is 0. The maximum absolute atomic E-state index is 13.0. The Morgan fingerprint density at radius 3 is 2.18 bits per heavy atom. The third kappa shape index (κ3) is 5.11. The molecule has 0 saturated heterocycles. The molecule has 0 aliphatic carbocycles. The van der Waals surface area contributed by atoms with Gasteiger partial charge < -0.3 is 4.90 Å². The molecule has 2 rings (SSSR count). The maximum Gasteiger partial charge on any atom is 0.406 e. The number of carbonyl (C=O) groups excluding carboxylic acids is 3. The van der Waals surface area contributed by atoms with Crippen LogP contribution in [0.15, 0.2) is 18.2 Å². The number of amides is 3. The van der Waals surface area contributed by atoms with E-state index in [4.69, 9.17) is 0 Å². The minimum Gasteiger partial charge on any atom is -0.329 e. The molecule has 0 radical (unpaired) electrons. The fourth-order valence-electron chi connectivity index (χ4n) is 3.11. The summed E-state index contributed by atoms with van der Waals surface area (Å²) in [4.78, 5) is 39.5. The summed E-state index contributed by atoms with van der Waals surface area (Å²) in [6, 6.07) is 3.88. The van der Waals surface area contributed by atoms with Crippen LogP contribution in [0.2, 0.25) is 0 Å². The van der Waals surface area contributed by atoms with E-state index in [2.05, 4.69) is 0 Å². The number of hydrogen-bond acceptors (Lipinski definition) is 3. The highest BCUT2D eigenvalue weighted by molar-refractivity contribution is 6.22. The monoisotopic (exact) mass is 398 g/mol. The number of alkyl halides is 3. The summed E-state index contributed by atoms with van der Waals surface area (Å²) in [7, 11) is 0. The quantitative estimate of drug-likeness (QED) is 0.677. The molecular formula is C20H25F3N2O3. The van der Waals surface area contributed by atoms with Gasteiger partial charge in [0.05, 0.1) is 11.1 Å². The molecule has 0 fully saturated rings. The van der Waals surface area contributed by atoms with Crippen molar-refractivity contribution in [3.8, 4) is 0 Å². The summed E-state index contributed by atoms with van der Waals surface area (Å²) in [5.41, 5.74) is -0.336. The molecule has 154 valence electrons. The fourth-order valence-corrected chi connectivity index (χ4v) is 3.11. The first-order valence-electron chi connectivity index (χ1n) is 9.20. The Bertz CT molecular complexity index is 766. The molecule has 0 saturated carbocycles. The van der Waals surface area contributed by atoms with Crippen molar-refractivity contribution in [2.24, 2.45) is 5.41 Å². The Kier molecular flexibility index (Phi) is 6.21. The average molecular weight is 398 g/mol. The van der Waals surface area contributed by atoms with Crippen LogP contribution in [0, 0.1) is 5.41 Å². The molecule has 0 unspecified atom stereocenters. The molecule has 1 aliphatic rings. The van der Waals surface area contributed by atoms with Gasteiger partial charge in [0.1, 0.15) is 6.54 Å². The van der Waals surface area contributed by atoms with E-state index in [-0.39, 0.29) is 29.8 Å². The average Bonchev–Trinajstić information content (AvgIpc) is 2.80. The Balaban J connectivity index is 2.33. The largest absolute Gasteiger partial charge is 0.406 e. The number of nitrogens with zero attached hydrogens (tertiary/aromatic N) is 2. The van der Waals surface area contributed by atoms with Gasteiger partial charge in [-0.05, 0) is 30.0 Å². The fraction of sp³-hybridized carbons (Fsp3) is 0.550. The predicted octanol–water partition coefficient (Wildman–Crippen LogP) is 4.13. The number of rotatable bonds is 6. The van der Waals surface area contributed by atoms with E-state index in [1.54, 1.807) is 20.8 Å². The van der Waals surface area contributed by atoms with E-state index < -0.39 is 35.9 Å². The predicted molar refractivity (Wildman–Crippen MR) is 98.1 cm³/mol. The topological polar surface area (TPSA) is 57.7 Å². The van der Waals surface area contributed by atoms with Crippen molar-refractivity contribution in [2.75, 3.05) is 19.6 Å². The number of unbranched alkanes of at least 4 members (excludes halogenated alkanes) is 1. The normalized spacial score (nSPS) is 14.5. The highest BCUT2D eigenvalue weighted by Gasteiger charge is 2.38. The van der Waals surface area contributed by atoms with Gasteiger partial charge in [-0.2, -0.15) is 13.2 Å². The van der Waals surface area contributed by atoms with E-state index in [0.29, 0.717) is 6.42 Å². The summed E-state index contributed by atoms with van der Waals surface area (Å²) in [5.74, 6) is -1.77. The molecule has 1 aromatic rings. The van der Waals surface area contributed by atoms with Crippen molar-refractivity contribution in [1.82, 2.24) is 9.80 Å².